The molecule has 27 heavy (non-hydrogen) atoms. The van der Waals surface area contributed by atoms with Crippen LogP contribution in [0.1, 0.15) is 11.1 Å². The maximum Gasteiger partial charge on any atom is 0.244 e. The highest BCUT2D eigenvalue weighted by Crippen LogP contribution is 2.37. The molecule has 146 valence electrons. The molecule has 0 radical (unpaired) electrons. The number of alkyl halides is 2. The van der Waals surface area contributed by atoms with Crippen LogP contribution in [0.25, 0.3) is 6.08 Å². The van der Waals surface area contributed by atoms with E-state index in [-0.39, 0.29) is 5.56 Å². The predicted octanol–water partition coefficient (Wildman–Crippen LogP) is 1.68. The van der Waals surface area contributed by atoms with Crippen molar-refractivity contribution in [3.05, 3.63) is 77.5 Å². The van der Waals surface area contributed by atoms with Crippen LogP contribution in [-0.2, 0) is 5.60 Å². The Morgan fingerprint density at radius 3 is 1.78 bits per heavy atom. The second-order valence-corrected chi connectivity index (χ2v) is 7.39. The fourth-order valence-corrected chi connectivity index (χ4v) is 2.86. The molecule has 0 aliphatic rings. The maximum absolute atomic E-state index is 11.2. The van der Waals surface area contributed by atoms with Gasteiger partial charge in [0.25, 0.3) is 0 Å². The topological polar surface area (TPSA) is 121 Å². The van der Waals surface area contributed by atoms with Crippen molar-refractivity contribution in [1.82, 2.24) is 0 Å². The lowest BCUT2D eigenvalue weighted by Crippen LogP contribution is -2.55. The third kappa shape index (κ3) is 4.80. The van der Waals surface area contributed by atoms with Gasteiger partial charge in [0.1, 0.15) is 24.1 Å². The molecule has 6 N–H and O–H groups in total. The molecule has 0 fully saturated rings. The summed E-state index contributed by atoms with van der Waals surface area (Å²) in [6, 6.07) is 16.0. The van der Waals surface area contributed by atoms with E-state index in [2.05, 4.69) is 0 Å². The SMILES string of the molecule is OC(=Cc1ccccc1)[C@@](O)(c1ccccc1)[C@@H](O)[C@H](O)[C@H](O)C(O)(Cl)Cl. The third-order valence-corrected chi connectivity index (χ3v) is 4.59. The Balaban J connectivity index is 2.53. The molecule has 0 aliphatic heterocycles. The Kier molecular flexibility index (Phi) is 6.88. The summed E-state index contributed by atoms with van der Waals surface area (Å²) in [5, 5.41) is 61.9. The Morgan fingerprint density at radius 1 is 0.815 bits per heavy atom. The van der Waals surface area contributed by atoms with E-state index in [1.54, 1.807) is 48.5 Å². The molecule has 0 aromatic heterocycles. The first-order chi connectivity index (χ1) is 12.6. The number of benzene rings is 2. The molecule has 2 aromatic carbocycles. The van der Waals surface area contributed by atoms with E-state index in [0.29, 0.717) is 5.56 Å². The highest BCUT2D eigenvalue weighted by atomic mass is 35.5. The van der Waals surface area contributed by atoms with Gasteiger partial charge in [-0.15, -0.1) is 0 Å². The zero-order valence-electron chi connectivity index (χ0n) is 14.0. The fraction of sp³-hybridized carbons (Fsp3) is 0.263. The van der Waals surface area contributed by atoms with E-state index in [1.165, 1.54) is 18.2 Å². The van der Waals surface area contributed by atoms with Crippen molar-refractivity contribution in [3.63, 3.8) is 0 Å². The largest absolute Gasteiger partial charge is 0.509 e. The molecule has 0 spiro atoms. The van der Waals surface area contributed by atoms with Gasteiger partial charge in [0, 0.05) is 0 Å². The number of aliphatic hydroxyl groups is 6. The molecule has 0 unspecified atom stereocenters. The molecule has 0 bridgehead atoms. The summed E-state index contributed by atoms with van der Waals surface area (Å²) in [6.07, 6.45) is -5.45. The lowest BCUT2D eigenvalue weighted by molar-refractivity contribution is -0.166. The molecule has 8 heteroatoms. The molecule has 6 nitrogen and oxygen atoms in total. The van der Waals surface area contributed by atoms with Crippen molar-refractivity contribution in [2.45, 2.75) is 28.4 Å². The first kappa shape index (κ1) is 21.7. The van der Waals surface area contributed by atoms with Gasteiger partial charge in [0.05, 0.1) is 0 Å². The van der Waals surface area contributed by atoms with Crippen LogP contribution in [0.15, 0.2) is 66.4 Å². The van der Waals surface area contributed by atoms with E-state index in [9.17, 15) is 30.6 Å². The van der Waals surface area contributed by atoms with E-state index >= 15 is 0 Å². The zero-order valence-corrected chi connectivity index (χ0v) is 15.5. The summed E-state index contributed by atoms with van der Waals surface area (Å²) >= 11 is 10.7. The number of hydrogen-bond donors (Lipinski definition) is 6. The number of aliphatic hydroxyl groups excluding tert-OH is 4. The molecule has 0 saturated carbocycles. The standard InChI is InChI=1S/C19H20Cl2O6/c20-19(21,27)17(25)15(23)16(24)18(26,13-9-5-2-6-10-13)14(22)11-12-7-3-1-4-8-12/h1-11,15-17,22-27H/t15-,16-,17-,18-/m0/s1. The van der Waals surface area contributed by atoms with Crippen molar-refractivity contribution in [2.75, 3.05) is 0 Å². The molecule has 4 atom stereocenters. The normalized spacial score (nSPS) is 18.4. The Bertz CT molecular complexity index is 763. The Hall–Kier alpha value is -1.64. The summed E-state index contributed by atoms with van der Waals surface area (Å²) in [4.78, 5) is 0. The van der Waals surface area contributed by atoms with Crippen molar-refractivity contribution in [1.29, 1.82) is 0 Å². The molecule has 2 aromatic rings. The van der Waals surface area contributed by atoms with Crippen LogP contribution in [0.3, 0.4) is 0 Å². The molecule has 0 heterocycles. The second-order valence-electron chi connectivity index (χ2n) is 6.04. The smallest absolute Gasteiger partial charge is 0.244 e. The van der Waals surface area contributed by atoms with E-state index in [4.69, 9.17) is 23.2 Å². The van der Waals surface area contributed by atoms with Crippen LogP contribution in [0.2, 0.25) is 0 Å². The average molecular weight is 415 g/mol. The van der Waals surface area contributed by atoms with Gasteiger partial charge in [-0.2, -0.15) is 0 Å². The highest BCUT2D eigenvalue weighted by molar-refractivity contribution is 6.47. The van der Waals surface area contributed by atoms with Crippen LogP contribution >= 0.6 is 23.2 Å². The van der Waals surface area contributed by atoms with Crippen molar-refractivity contribution in [2.24, 2.45) is 0 Å². The van der Waals surface area contributed by atoms with Crippen molar-refractivity contribution < 1.29 is 30.6 Å². The van der Waals surface area contributed by atoms with E-state index in [0.717, 1.165) is 0 Å². The average Bonchev–Trinajstić information content (AvgIpc) is 2.66. The lowest BCUT2D eigenvalue weighted by atomic mass is 9.81. The van der Waals surface area contributed by atoms with Gasteiger partial charge < -0.3 is 30.6 Å². The highest BCUT2D eigenvalue weighted by Gasteiger charge is 2.50. The number of rotatable bonds is 7. The van der Waals surface area contributed by atoms with E-state index < -0.39 is 34.2 Å². The van der Waals surface area contributed by atoms with E-state index in [1.807, 2.05) is 0 Å². The van der Waals surface area contributed by atoms with Crippen molar-refractivity contribution in [3.8, 4) is 0 Å². The van der Waals surface area contributed by atoms with Gasteiger partial charge in [0.2, 0.25) is 4.52 Å². The first-order valence-corrected chi connectivity index (χ1v) is 8.72. The summed E-state index contributed by atoms with van der Waals surface area (Å²) in [5.74, 6) is -0.702. The van der Waals surface area contributed by atoms with Crippen LogP contribution in [0.4, 0.5) is 0 Å². The quantitative estimate of drug-likeness (QED) is 0.302. The minimum absolute atomic E-state index is 0.0288. The summed E-state index contributed by atoms with van der Waals surface area (Å²) in [5.41, 5.74) is -1.99. The van der Waals surface area contributed by atoms with Crippen molar-refractivity contribution >= 4 is 29.3 Å². The molecule has 0 aliphatic carbocycles. The monoisotopic (exact) mass is 414 g/mol. The molecular formula is C19H20Cl2O6. The van der Waals surface area contributed by atoms with Crippen LogP contribution in [-0.4, -0.2) is 53.5 Å². The molecule has 2 rings (SSSR count). The summed E-state index contributed by atoms with van der Waals surface area (Å²) < 4.78 is -2.79. The van der Waals surface area contributed by atoms with Gasteiger partial charge in [-0.1, -0.05) is 83.9 Å². The van der Waals surface area contributed by atoms with Crippen LogP contribution in [0.5, 0.6) is 0 Å². The lowest BCUT2D eigenvalue weighted by Gasteiger charge is -2.38. The molecular weight excluding hydrogens is 395 g/mol. The fourth-order valence-electron chi connectivity index (χ4n) is 2.60. The van der Waals surface area contributed by atoms with Crippen LogP contribution in [0, 0.1) is 0 Å². The third-order valence-electron chi connectivity index (χ3n) is 4.14. The molecule has 0 amide bonds. The Labute approximate surface area is 166 Å². The number of hydrogen-bond acceptors (Lipinski definition) is 6. The Morgan fingerprint density at radius 2 is 1.30 bits per heavy atom. The first-order valence-electron chi connectivity index (χ1n) is 7.97. The predicted molar refractivity (Wildman–Crippen MR) is 102 cm³/mol. The van der Waals surface area contributed by atoms with Gasteiger partial charge in [0.15, 0.2) is 5.60 Å². The van der Waals surface area contributed by atoms with Gasteiger partial charge in [-0.25, -0.2) is 0 Å². The van der Waals surface area contributed by atoms with Gasteiger partial charge >= 0.3 is 0 Å². The molecule has 0 saturated heterocycles. The zero-order chi connectivity index (χ0) is 20.2. The van der Waals surface area contributed by atoms with Gasteiger partial charge in [-0.05, 0) is 17.2 Å². The number of halogens is 2. The van der Waals surface area contributed by atoms with Crippen LogP contribution < -0.4 is 0 Å². The second kappa shape index (κ2) is 8.58. The van der Waals surface area contributed by atoms with Gasteiger partial charge in [-0.3, -0.25) is 0 Å². The maximum atomic E-state index is 11.2. The summed E-state index contributed by atoms with van der Waals surface area (Å²) in [6.45, 7) is 0. The summed E-state index contributed by atoms with van der Waals surface area (Å²) in [7, 11) is 0. The minimum atomic E-state index is -2.79. The minimum Gasteiger partial charge on any atom is -0.509 e.